The van der Waals surface area contributed by atoms with E-state index in [1.165, 1.54) is 23.5 Å². The lowest BCUT2D eigenvalue weighted by Gasteiger charge is -2.42. The van der Waals surface area contributed by atoms with Crippen molar-refractivity contribution in [3.63, 3.8) is 0 Å². The van der Waals surface area contributed by atoms with Crippen molar-refractivity contribution in [1.29, 1.82) is 0 Å². The molecule has 3 fully saturated rings. The molecule has 188 valence electrons. The van der Waals surface area contributed by atoms with Crippen LogP contribution >= 0.6 is 23.1 Å². The lowest BCUT2D eigenvalue weighted by atomic mass is 9.68. The number of H-pyrrole nitrogens is 1. The first-order valence-corrected chi connectivity index (χ1v) is 13.8. The van der Waals surface area contributed by atoms with Gasteiger partial charge >= 0.3 is 4.87 Å². The van der Waals surface area contributed by atoms with Gasteiger partial charge in [0.05, 0.1) is 16.9 Å². The van der Waals surface area contributed by atoms with Gasteiger partial charge in [0, 0.05) is 34.1 Å². The average Bonchev–Trinajstić information content (AvgIpc) is 3.62. The van der Waals surface area contributed by atoms with Gasteiger partial charge in [0.2, 0.25) is 17.7 Å². The standard InChI is InChI=1S/C26H22N4O5S2/c31-13-5-3-12(4-6-13)28-16(32)10-30-24(33)19-14-8-15(20(19)25(30)34)21-18(14)17(11-2-1-7-27-9-11)22-23(36-21)29-26(35)37-22/h1-7,9,14-15,17-21,31H,8,10H2,(H,28,32)(H,29,35)/t14?,15?,17-,18?,19?,20?,21?/m1/s1. The first kappa shape index (κ1) is 22.7. The highest BCUT2D eigenvalue weighted by atomic mass is 32.2. The van der Waals surface area contributed by atoms with Gasteiger partial charge in [-0.2, -0.15) is 0 Å². The third-order valence-electron chi connectivity index (χ3n) is 8.31. The Labute approximate surface area is 219 Å². The number of fused-ring (bicyclic) bond motifs is 9. The van der Waals surface area contributed by atoms with Gasteiger partial charge in [-0.3, -0.25) is 29.1 Å². The summed E-state index contributed by atoms with van der Waals surface area (Å²) in [4.78, 5) is 61.4. The molecule has 2 aliphatic carbocycles. The number of thiazole rings is 1. The minimum Gasteiger partial charge on any atom is -0.508 e. The number of carbonyl (C=O) groups is 3. The number of phenolic OH excluding ortho intramolecular Hbond substituents is 1. The van der Waals surface area contributed by atoms with Crippen LogP contribution in [0.2, 0.25) is 0 Å². The summed E-state index contributed by atoms with van der Waals surface area (Å²) in [5.74, 6) is -1.78. The Morgan fingerprint density at radius 2 is 1.86 bits per heavy atom. The topological polar surface area (TPSA) is 132 Å². The van der Waals surface area contributed by atoms with E-state index < -0.39 is 17.7 Å². The van der Waals surface area contributed by atoms with E-state index in [0.29, 0.717) is 5.69 Å². The second-order valence-electron chi connectivity index (χ2n) is 10.1. The lowest BCUT2D eigenvalue weighted by Crippen LogP contribution is -2.42. The van der Waals surface area contributed by atoms with Gasteiger partial charge < -0.3 is 15.4 Å². The van der Waals surface area contributed by atoms with Crippen LogP contribution in [0.1, 0.15) is 22.8 Å². The molecule has 1 aromatic carbocycles. The number of carbonyl (C=O) groups excluding carboxylic acids is 3. The van der Waals surface area contributed by atoms with Crippen molar-refractivity contribution in [2.45, 2.75) is 22.6 Å². The van der Waals surface area contributed by atoms with Crippen molar-refractivity contribution in [3.05, 3.63) is 68.9 Å². The van der Waals surface area contributed by atoms with E-state index in [4.69, 9.17) is 0 Å². The van der Waals surface area contributed by atoms with Gasteiger partial charge in [0.1, 0.15) is 12.3 Å². The predicted molar refractivity (Wildman–Crippen MR) is 136 cm³/mol. The minimum absolute atomic E-state index is 0.00216. The summed E-state index contributed by atoms with van der Waals surface area (Å²) in [5.41, 5.74) is 1.49. The second kappa shape index (κ2) is 8.29. The maximum absolute atomic E-state index is 13.6. The van der Waals surface area contributed by atoms with E-state index in [1.54, 1.807) is 30.1 Å². The predicted octanol–water partition coefficient (Wildman–Crippen LogP) is 2.65. The molecule has 4 aliphatic rings. The van der Waals surface area contributed by atoms with Gasteiger partial charge in [-0.25, -0.2) is 0 Å². The van der Waals surface area contributed by atoms with Crippen molar-refractivity contribution in [3.8, 4) is 5.75 Å². The first-order chi connectivity index (χ1) is 17.9. The average molecular weight is 535 g/mol. The van der Waals surface area contributed by atoms with Crippen LogP contribution < -0.4 is 10.2 Å². The monoisotopic (exact) mass is 534 g/mol. The number of nitrogens with zero attached hydrogens (tertiary/aromatic N) is 2. The SMILES string of the molecule is O=C(CN1C(=O)C2C3CC(C2C1=O)C1C3Sc2[nH]c(=O)sc2[C@@H]1c1cccnc1)Nc1ccc(O)cc1. The fourth-order valence-corrected chi connectivity index (χ4v) is 9.95. The van der Waals surface area contributed by atoms with E-state index >= 15 is 0 Å². The zero-order valence-electron chi connectivity index (χ0n) is 19.4. The molecule has 4 heterocycles. The first-order valence-electron chi connectivity index (χ1n) is 12.1. The van der Waals surface area contributed by atoms with Crippen LogP contribution in [0.4, 0.5) is 5.69 Å². The number of hydrogen-bond donors (Lipinski definition) is 3. The molecule has 2 bridgehead atoms. The molecule has 3 aromatic rings. The number of phenols is 1. The maximum Gasteiger partial charge on any atom is 0.305 e. The van der Waals surface area contributed by atoms with E-state index in [-0.39, 0.29) is 57.9 Å². The molecular weight excluding hydrogens is 512 g/mol. The Bertz CT molecular complexity index is 1490. The normalized spacial score (nSPS) is 31.2. The molecule has 0 spiro atoms. The molecule has 6 unspecified atom stereocenters. The molecule has 3 amide bonds. The van der Waals surface area contributed by atoms with Crippen molar-refractivity contribution in [1.82, 2.24) is 14.9 Å². The molecule has 37 heavy (non-hydrogen) atoms. The van der Waals surface area contributed by atoms with Gasteiger partial charge in [-0.05, 0) is 60.1 Å². The largest absolute Gasteiger partial charge is 0.508 e. The van der Waals surface area contributed by atoms with Crippen LogP contribution in [0.15, 0.2) is 58.6 Å². The summed E-state index contributed by atoms with van der Waals surface area (Å²) in [6.07, 6.45) is 4.34. The third kappa shape index (κ3) is 3.40. The third-order valence-corrected chi connectivity index (χ3v) is 10.9. The highest BCUT2D eigenvalue weighted by Gasteiger charge is 2.69. The number of aromatic nitrogens is 2. The summed E-state index contributed by atoms with van der Waals surface area (Å²) in [6, 6.07) is 9.92. The fourth-order valence-electron chi connectivity index (χ4n) is 7.06. The smallest absolute Gasteiger partial charge is 0.305 e. The van der Waals surface area contributed by atoms with Crippen molar-refractivity contribution >= 4 is 46.5 Å². The number of aromatic amines is 1. The molecule has 9 nitrogen and oxygen atoms in total. The van der Waals surface area contributed by atoms with E-state index in [9.17, 15) is 24.3 Å². The lowest BCUT2D eigenvalue weighted by molar-refractivity contribution is -0.143. The van der Waals surface area contributed by atoms with Gasteiger partial charge in [-0.15, -0.1) is 11.8 Å². The van der Waals surface area contributed by atoms with Gasteiger partial charge in [-0.1, -0.05) is 17.4 Å². The summed E-state index contributed by atoms with van der Waals surface area (Å²) < 4.78 is 0. The Morgan fingerprint density at radius 3 is 2.59 bits per heavy atom. The molecule has 7 rings (SSSR count). The van der Waals surface area contributed by atoms with Gasteiger partial charge in [0.15, 0.2) is 0 Å². The number of likely N-dealkylation sites (tertiary alicyclic amines) is 1. The maximum atomic E-state index is 13.6. The molecule has 2 aliphatic heterocycles. The van der Waals surface area contributed by atoms with Crippen LogP contribution in [-0.4, -0.2) is 49.5 Å². The van der Waals surface area contributed by atoms with E-state index in [0.717, 1.165) is 26.8 Å². The van der Waals surface area contributed by atoms with Crippen molar-refractivity contribution in [2.75, 3.05) is 11.9 Å². The van der Waals surface area contributed by atoms with Crippen LogP contribution in [-0.2, 0) is 14.4 Å². The number of rotatable bonds is 4. The van der Waals surface area contributed by atoms with E-state index in [2.05, 4.69) is 15.3 Å². The van der Waals surface area contributed by atoms with Crippen molar-refractivity contribution < 1.29 is 19.5 Å². The molecule has 7 atom stereocenters. The van der Waals surface area contributed by atoms with Gasteiger partial charge in [0.25, 0.3) is 0 Å². The molecule has 2 aromatic heterocycles. The Hall–Kier alpha value is -3.44. The Morgan fingerprint density at radius 1 is 1.11 bits per heavy atom. The molecule has 2 saturated carbocycles. The highest BCUT2D eigenvalue weighted by Crippen LogP contribution is 2.68. The van der Waals surface area contributed by atoms with E-state index in [1.807, 2.05) is 18.3 Å². The Kier molecular flexibility index (Phi) is 5.09. The second-order valence-corrected chi connectivity index (χ2v) is 12.3. The number of hydrogen-bond acceptors (Lipinski definition) is 8. The molecule has 1 saturated heterocycles. The summed E-state index contributed by atoms with van der Waals surface area (Å²) in [6.45, 7) is -0.333. The summed E-state index contributed by atoms with van der Waals surface area (Å²) in [5, 5.41) is 13.1. The highest BCUT2D eigenvalue weighted by molar-refractivity contribution is 8.00. The number of anilines is 1. The number of amides is 3. The zero-order chi connectivity index (χ0) is 25.4. The number of aromatic hydroxyl groups is 1. The summed E-state index contributed by atoms with van der Waals surface area (Å²) >= 11 is 2.85. The zero-order valence-corrected chi connectivity index (χ0v) is 21.0. The number of benzene rings is 1. The number of nitrogens with one attached hydrogen (secondary N) is 2. The quantitative estimate of drug-likeness (QED) is 0.346. The van der Waals surface area contributed by atoms with Crippen LogP contribution in [0, 0.1) is 29.6 Å². The summed E-state index contributed by atoms with van der Waals surface area (Å²) in [7, 11) is 0. The number of pyridine rings is 1. The fraction of sp³-hybridized carbons (Fsp3) is 0.346. The number of imide groups is 1. The molecule has 11 heteroatoms. The minimum atomic E-state index is -0.459. The van der Waals surface area contributed by atoms with Crippen LogP contribution in [0.3, 0.4) is 0 Å². The van der Waals surface area contributed by atoms with Crippen molar-refractivity contribution in [2.24, 2.45) is 29.6 Å². The van der Waals surface area contributed by atoms with Crippen LogP contribution in [0.25, 0.3) is 0 Å². The molecular formula is C26H22N4O5S2. The Balaban J connectivity index is 1.18. The molecule has 0 radical (unpaired) electrons. The number of thioether (sulfide) groups is 1. The van der Waals surface area contributed by atoms with Crippen LogP contribution in [0.5, 0.6) is 5.75 Å². The molecule has 3 N–H and O–H groups in total.